The van der Waals surface area contributed by atoms with Crippen LogP contribution in [0.5, 0.6) is 0 Å². The number of aromatic nitrogens is 2. The first-order valence-corrected chi connectivity index (χ1v) is 4.90. The van der Waals surface area contributed by atoms with Gasteiger partial charge in [-0.25, -0.2) is 0 Å². The molecule has 0 radical (unpaired) electrons. The maximum absolute atomic E-state index is 11.8. The van der Waals surface area contributed by atoms with E-state index in [1.165, 1.54) is 6.20 Å². The molecule has 0 bridgehead atoms. The van der Waals surface area contributed by atoms with Gasteiger partial charge in [0.05, 0.1) is 5.56 Å². The van der Waals surface area contributed by atoms with E-state index in [0.717, 1.165) is 11.4 Å². The highest BCUT2D eigenvalue weighted by Crippen LogP contribution is 2.08. The van der Waals surface area contributed by atoms with E-state index in [-0.39, 0.29) is 5.91 Å². The Balaban J connectivity index is 2.14. The van der Waals surface area contributed by atoms with Gasteiger partial charge in [0.1, 0.15) is 0 Å². The standard InChI is InChI=1S/C12H11N3O/c1-9-7-11(4-6-14-9)15-12(16)10-3-2-5-13-8-10/h2-8H,1H3,(H,14,15,16). The molecule has 1 amide bonds. The fourth-order valence-corrected chi connectivity index (χ4v) is 1.32. The van der Waals surface area contributed by atoms with Gasteiger partial charge in [-0.05, 0) is 31.2 Å². The topological polar surface area (TPSA) is 54.9 Å². The minimum absolute atomic E-state index is 0.168. The third-order valence-electron chi connectivity index (χ3n) is 2.08. The van der Waals surface area contributed by atoms with Crippen LogP contribution in [0.1, 0.15) is 16.1 Å². The van der Waals surface area contributed by atoms with Gasteiger partial charge in [-0.1, -0.05) is 0 Å². The molecular weight excluding hydrogens is 202 g/mol. The van der Waals surface area contributed by atoms with Gasteiger partial charge >= 0.3 is 0 Å². The normalized spacial score (nSPS) is 9.81. The Kier molecular flexibility index (Phi) is 2.91. The molecule has 0 atom stereocenters. The number of amides is 1. The second-order valence-corrected chi connectivity index (χ2v) is 3.38. The Morgan fingerprint density at radius 3 is 2.88 bits per heavy atom. The number of anilines is 1. The van der Waals surface area contributed by atoms with Crippen LogP contribution in [0.2, 0.25) is 0 Å². The van der Waals surface area contributed by atoms with Crippen LogP contribution in [0, 0.1) is 6.92 Å². The van der Waals surface area contributed by atoms with Gasteiger partial charge in [0.2, 0.25) is 0 Å². The minimum atomic E-state index is -0.168. The summed E-state index contributed by atoms with van der Waals surface area (Å²) in [5.74, 6) is -0.168. The van der Waals surface area contributed by atoms with E-state index in [1.807, 2.05) is 13.0 Å². The first-order valence-electron chi connectivity index (χ1n) is 4.90. The summed E-state index contributed by atoms with van der Waals surface area (Å²) in [6.07, 6.45) is 4.82. The molecule has 0 aromatic carbocycles. The van der Waals surface area contributed by atoms with E-state index in [2.05, 4.69) is 15.3 Å². The Morgan fingerprint density at radius 1 is 1.31 bits per heavy atom. The predicted octanol–water partition coefficient (Wildman–Crippen LogP) is 2.04. The van der Waals surface area contributed by atoms with Gasteiger partial charge in [0.25, 0.3) is 5.91 Å². The Morgan fingerprint density at radius 2 is 2.19 bits per heavy atom. The number of carbonyl (C=O) groups excluding carboxylic acids is 1. The van der Waals surface area contributed by atoms with Crippen molar-refractivity contribution < 1.29 is 4.79 Å². The van der Waals surface area contributed by atoms with Crippen molar-refractivity contribution in [2.24, 2.45) is 0 Å². The fourth-order valence-electron chi connectivity index (χ4n) is 1.32. The Labute approximate surface area is 93.4 Å². The Bertz CT molecular complexity index is 497. The van der Waals surface area contributed by atoms with Gasteiger partial charge in [0, 0.05) is 30.0 Å². The predicted molar refractivity (Wildman–Crippen MR) is 61.2 cm³/mol. The summed E-state index contributed by atoms with van der Waals surface area (Å²) in [5.41, 5.74) is 2.14. The molecule has 0 unspecified atom stereocenters. The molecule has 2 aromatic heterocycles. The van der Waals surface area contributed by atoms with Crippen LogP contribution in [0.4, 0.5) is 5.69 Å². The molecule has 2 heterocycles. The van der Waals surface area contributed by atoms with E-state index in [1.54, 1.807) is 30.6 Å². The molecule has 1 N–H and O–H groups in total. The molecular formula is C12H11N3O. The largest absolute Gasteiger partial charge is 0.322 e. The van der Waals surface area contributed by atoms with Gasteiger partial charge in [-0.2, -0.15) is 0 Å². The molecule has 0 aliphatic carbocycles. The SMILES string of the molecule is Cc1cc(NC(=O)c2cccnc2)ccn1. The van der Waals surface area contributed by atoms with Crippen molar-refractivity contribution in [3.63, 3.8) is 0 Å². The quantitative estimate of drug-likeness (QED) is 0.830. The number of aryl methyl sites for hydroxylation is 1. The molecule has 16 heavy (non-hydrogen) atoms. The lowest BCUT2D eigenvalue weighted by Crippen LogP contribution is -2.12. The first kappa shape index (κ1) is 10.3. The highest BCUT2D eigenvalue weighted by atomic mass is 16.1. The number of rotatable bonds is 2. The maximum Gasteiger partial charge on any atom is 0.257 e. The number of pyridine rings is 2. The molecule has 4 heteroatoms. The van der Waals surface area contributed by atoms with E-state index in [0.29, 0.717) is 5.56 Å². The summed E-state index contributed by atoms with van der Waals surface area (Å²) in [5, 5.41) is 2.78. The molecule has 4 nitrogen and oxygen atoms in total. The van der Waals surface area contributed by atoms with Crippen molar-refractivity contribution in [2.45, 2.75) is 6.92 Å². The van der Waals surface area contributed by atoms with E-state index in [9.17, 15) is 4.79 Å². The first-order chi connectivity index (χ1) is 7.75. The average Bonchev–Trinajstić information content (AvgIpc) is 2.30. The van der Waals surface area contributed by atoms with E-state index < -0.39 is 0 Å². The molecule has 0 spiro atoms. The summed E-state index contributed by atoms with van der Waals surface area (Å²) in [6, 6.07) is 7.01. The zero-order valence-corrected chi connectivity index (χ0v) is 8.84. The van der Waals surface area contributed by atoms with Crippen molar-refractivity contribution in [1.82, 2.24) is 9.97 Å². The van der Waals surface area contributed by atoms with Crippen LogP contribution in [0.15, 0.2) is 42.9 Å². The van der Waals surface area contributed by atoms with Crippen molar-refractivity contribution in [3.05, 3.63) is 54.1 Å². The second-order valence-electron chi connectivity index (χ2n) is 3.38. The lowest BCUT2D eigenvalue weighted by molar-refractivity contribution is 0.102. The van der Waals surface area contributed by atoms with Crippen molar-refractivity contribution in [1.29, 1.82) is 0 Å². The molecule has 0 saturated heterocycles. The van der Waals surface area contributed by atoms with Gasteiger partial charge in [-0.3, -0.25) is 14.8 Å². The molecule has 0 fully saturated rings. The maximum atomic E-state index is 11.8. The van der Waals surface area contributed by atoms with Crippen molar-refractivity contribution in [3.8, 4) is 0 Å². The van der Waals surface area contributed by atoms with Crippen LogP contribution in [0.25, 0.3) is 0 Å². The molecule has 80 valence electrons. The summed E-state index contributed by atoms with van der Waals surface area (Å²) in [4.78, 5) is 19.7. The summed E-state index contributed by atoms with van der Waals surface area (Å²) in [7, 11) is 0. The monoisotopic (exact) mass is 213 g/mol. The fraction of sp³-hybridized carbons (Fsp3) is 0.0833. The van der Waals surface area contributed by atoms with Crippen LogP contribution >= 0.6 is 0 Å². The number of hydrogen-bond acceptors (Lipinski definition) is 3. The van der Waals surface area contributed by atoms with Crippen LogP contribution in [-0.2, 0) is 0 Å². The van der Waals surface area contributed by atoms with Crippen LogP contribution < -0.4 is 5.32 Å². The second kappa shape index (κ2) is 4.53. The average molecular weight is 213 g/mol. The van der Waals surface area contributed by atoms with Crippen molar-refractivity contribution in [2.75, 3.05) is 5.32 Å². The highest BCUT2D eigenvalue weighted by molar-refractivity contribution is 6.03. The zero-order valence-electron chi connectivity index (χ0n) is 8.84. The number of hydrogen-bond donors (Lipinski definition) is 1. The minimum Gasteiger partial charge on any atom is -0.322 e. The molecule has 2 rings (SSSR count). The number of nitrogens with one attached hydrogen (secondary N) is 1. The summed E-state index contributed by atoms with van der Waals surface area (Å²) < 4.78 is 0. The number of carbonyl (C=O) groups is 1. The smallest absolute Gasteiger partial charge is 0.257 e. The third-order valence-corrected chi connectivity index (χ3v) is 2.08. The van der Waals surface area contributed by atoms with Crippen LogP contribution in [-0.4, -0.2) is 15.9 Å². The number of nitrogens with zero attached hydrogens (tertiary/aromatic N) is 2. The molecule has 0 saturated carbocycles. The lowest BCUT2D eigenvalue weighted by atomic mass is 10.2. The van der Waals surface area contributed by atoms with E-state index >= 15 is 0 Å². The van der Waals surface area contributed by atoms with Gasteiger partial charge in [0.15, 0.2) is 0 Å². The van der Waals surface area contributed by atoms with Crippen LogP contribution in [0.3, 0.4) is 0 Å². The molecule has 0 aliphatic heterocycles. The zero-order chi connectivity index (χ0) is 11.4. The van der Waals surface area contributed by atoms with E-state index in [4.69, 9.17) is 0 Å². The Hall–Kier alpha value is -2.23. The van der Waals surface area contributed by atoms with Crippen molar-refractivity contribution >= 4 is 11.6 Å². The van der Waals surface area contributed by atoms with Gasteiger partial charge < -0.3 is 5.32 Å². The summed E-state index contributed by atoms with van der Waals surface area (Å²) in [6.45, 7) is 1.87. The van der Waals surface area contributed by atoms with Gasteiger partial charge in [-0.15, -0.1) is 0 Å². The third kappa shape index (κ3) is 2.42. The highest BCUT2D eigenvalue weighted by Gasteiger charge is 2.05. The summed E-state index contributed by atoms with van der Waals surface area (Å²) >= 11 is 0. The molecule has 2 aromatic rings. The lowest BCUT2D eigenvalue weighted by Gasteiger charge is -2.04. The molecule has 0 aliphatic rings.